The van der Waals surface area contributed by atoms with Gasteiger partial charge in [-0.05, 0) is 33.8 Å². The van der Waals surface area contributed by atoms with Crippen molar-refractivity contribution in [1.29, 1.82) is 0 Å². The van der Waals surface area contributed by atoms with Gasteiger partial charge in [0.25, 0.3) is 0 Å². The molecule has 2 N–H and O–H groups in total. The minimum absolute atomic E-state index is 0. The van der Waals surface area contributed by atoms with Crippen LogP contribution in [0.3, 0.4) is 0 Å². The van der Waals surface area contributed by atoms with Crippen LogP contribution < -0.4 is 10.6 Å². The highest BCUT2D eigenvalue weighted by Gasteiger charge is 2.23. The normalized spacial score (nSPS) is 16.1. The van der Waals surface area contributed by atoms with Crippen molar-refractivity contribution in [1.82, 2.24) is 15.5 Å². The van der Waals surface area contributed by atoms with Crippen molar-refractivity contribution in [2.24, 2.45) is 4.99 Å². The highest BCUT2D eigenvalue weighted by molar-refractivity contribution is 14.0. The largest absolute Gasteiger partial charge is 0.379 e. The Kier molecular flexibility index (Phi) is 8.92. The molecule has 160 valence electrons. The molecule has 0 saturated carbocycles. The molecule has 0 bridgehead atoms. The number of fused-ring (bicyclic) bond motifs is 1. The molecule has 3 aromatic rings. The van der Waals surface area contributed by atoms with Crippen molar-refractivity contribution < 1.29 is 4.74 Å². The number of hydrogen-bond donors (Lipinski definition) is 2. The minimum Gasteiger partial charge on any atom is -0.379 e. The molecule has 2 heterocycles. The fourth-order valence-electron chi connectivity index (χ4n) is 3.73. The fourth-order valence-corrected chi connectivity index (χ4v) is 4.59. The smallest absolute Gasteiger partial charge is 0.191 e. The average Bonchev–Trinajstić information content (AvgIpc) is 3.31. The fraction of sp³-hybridized carbons (Fsp3) is 0.348. The first-order valence-corrected chi connectivity index (χ1v) is 11.0. The highest BCUT2D eigenvalue weighted by atomic mass is 127. The molecule has 5 nitrogen and oxygen atoms in total. The van der Waals surface area contributed by atoms with Crippen LogP contribution in [0.1, 0.15) is 16.5 Å². The van der Waals surface area contributed by atoms with Gasteiger partial charge in [0.2, 0.25) is 0 Å². The Labute approximate surface area is 199 Å². The van der Waals surface area contributed by atoms with Crippen molar-refractivity contribution in [2.75, 3.05) is 39.9 Å². The van der Waals surface area contributed by atoms with Crippen molar-refractivity contribution in [3.8, 4) is 0 Å². The van der Waals surface area contributed by atoms with E-state index in [9.17, 15) is 0 Å². The predicted molar refractivity (Wildman–Crippen MR) is 137 cm³/mol. The Morgan fingerprint density at radius 2 is 1.87 bits per heavy atom. The molecule has 1 unspecified atom stereocenters. The summed E-state index contributed by atoms with van der Waals surface area (Å²) in [6, 6.07) is 19.7. The van der Waals surface area contributed by atoms with Crippen LogP contribution in [-0.4, -0.2) is 50.8 Å². The van der Waals surface area contributed by atoms with Gasteiger partial charge in [0, 0.05) is 38.1 Å². The zero-order chi connectivity index (χ0) is 19.9. The number of thiophene rings is 1. The second kappa shape index (κ2) is 11.6. The molecule has 1 aromatic heterocycles. The van der Waals surface area contributed by atoms with E-state index in [1.165, 1.54) is 21.2 Å². The Morgan fingerprint density at radius 1 is 1.07 bits per heavy atom. The quantitative estimate of drug-likeness (QED) is 0.281. The first-order valence-electron chi connectivity index (χ1n) is 10.1. The molecule has 0 amide bonds. The van der Waals surface area contributed by atoms with Crippen LogP contribution in [0.5, 0.6) is 0 Å². The van der Waals surface area contributed by atoms with Crippen molar-refractivity contribution in [2.45, 2.75) is 12.6 Å². The Balaban J connectivity index is 0.00000256. The van der Waals surface area contributed by atoms with E-state index in [1.807, 2.05) is 18.4 Å². The summed E-state index contributed by atoms with van der Waals surface area (Å²) in [6.45, 7) is 5.10. The Morgan fingerprint density at radius 3 is 2.60 bits per heavy atom. The Bertz CT molecular complexity index is 941. The summed E-state index contributed by atoms with van der Waals surface area (Å²) in [5.41, 5.74) is 1.25. The number of nitrogens with zero attached hydrogens (tertiary/aromatic N) is 2. The van der Waals surface area contributed by atoms with Crippen molar-refractivity contribution >= 4 is 52.0 Å². The van der Waals surface area contributed by atoms with Gasteiger partial charge in [-0.15, -0.1) is 35.3 Å². The molecule has 0 radical (unpaired) electrons. The molecular formula is C23H29IN4OS. The van der Waals surface area contributed by atoms with Gasteiger partial charge in [-0.25, -0.2) is 0 Å². The lowest BCUT2D eigenvalue weighted by Crippen LogP contribution is -2.46. The molecule has 2 aromatic carbocycles. The number of ether oxygens (including phenoxy) is 1. The molecule has 0 spiro atoms. The number of nitrogens with one attached hydrogen (secondary N) is 2. The van der Waals surface area contributed by atoms with E-state index in [-0.39, 0.29) is 24.0 Å². The minimum atomic E-state index is 0. The number of halogens is 1. The van der Waals surface area contributed by atoms with Gasteiger partial charge in [0.05, 0.1) is 19.3 Å². The van der Waals surface area contributed by atoms with Gasteiger partial charge in [-0.2, -0.15) is 0 Å². The second-order valence-electron chi connectivity index (χ2n) is 7.17. The number of aliphatic imine (C=N–C) groups is 1. The molecule has 4 rings (SSSR count). The maximum atomic E-state index is 5.54. The SMILES string of the molecule is CN=C(NCc1ccc2ccccc2c1)NCC(c1cccs1)N1CCOCC1.I. The van der Waals surface area contributed by atoms with Gasteiger partial charge >= 0.3 is 0 Å². The van der Waals surface area contributed by atoms with Crippen LogP contribution in [0.15, 0.2) is 65.0 Å². The molecule has 1 atom stereocenters. The Hall–Kier alpha value is -1.68. The molecule has 0 aliphatic carbocycles. The van der Waals surface area contributed by atoms with E-state index in [2.05, 4.69) is 80.5 Å². The van der Waals surface area contributed by atoms with Gasteiger partial charge in [0.15, 0.2) is 5.96 Å². The summed E-state index contributed by atoms with van der Waals surface area (Å²) < 4.78 is 5.54. The van der Waals surface area contributed by atoms with Crippen molar-refractivity contribution in [3.05, 3.63) is 70.4 Å². The predicted octanol–water partition coefficient (Wildman–Crippen LogP) is 4.26. The lowest BCUT2D eigenvalue weighted by Gasteiger charge is -2.34. The van der Waals surface area contributed by atoms with Crippen molar-refractivity contribution in [3.63, 3.8) is 0 Å². The highest BCUT2D eigenvalue weighted by Crippen LogP contribution is 2.25. The van der Waals surface area contributed by atoms with Crippen LogP contribution in [0, 0.1) is 0 Å². The lowest BCUT2D eigenvalue weighted by atomic mass is 10.1. The van der Waals surface area contributed by atoms with Gasteiger partial charge in [-0.1, -0.05) is 42.5 Å². The number of morpholine rings is 1. The first-order chi connectivity index (χ1) is 14.3. The van der Waals surface area contributed by atoms with Crippen LogP contribution in [0.4, 0.5) is 0 Å². The zero-order valence-corrected chi connectivity index (χ0v) is 20.4. The molecule has 30 heavy (non-hydrogen) atoms. The summed E-state index contributed by atoms with van der Waals surface area (Å²) in [6.07, 6.45) is 0. The molecule has 1 aliphatic heterocycles. The summed E-state index contributed by atoms with van der Waals surface area (Å²) in [5, 5.41) is 11.7. The topological polar surface area (TPSA) is 48.9 Å². The van der Waals surface area contributed by atoms with Gasteiger partial charge in [0.1, 0.15) is 0 Å². The lowest BCUT2D eigenvalue weighted by molar-refractivity contribution is 0.0177. The summed E-state index contributed by atoms with van der Waals surface area (Å²) in [4.78, 5) is 8.30. The maximum Gasteiger partial charge on any atom is 0.191 e. The molecule has 7 heteroatoms. The molecular weight excluding hydrogens is 507 g/mol. The van der Waals surface area contributed by atoms with Gasteiger partial charge in [-0.3, -0.25) is 9.89 Å². The standard InChI is InChI=1S/C23H28N4OS.HI/c1-24-23(25-16-18-8-9-19-5-2-3-6-20(19)15-18)26-17-21(22-7-4-14-29-22)27-10-12-28-13-11-27;/h2-9,14-15,21H,10-13,16-17H2,1H3,(H2,24,25,26);1H. The number of rotatable bonds is 6. The molecule has 1 fully saturated rings. The third-order valence-corrected chi connectivity index (χ3v) is 6.29. The molecule has 1 saturated heterocycles. The van der Waals surface area contributed by atoms with E-state index in [0.29, 0.717) is 6.04 Å². The molecule has 1 aliphatic rings. The summed E-state index contributed by atoms with van der Waals surface area (Å²) >= 11 is 1.81. The average molecular weight is 536 g/mol. The second-order valence-corrected chi connectivity index (χ2v) is 8.15. The van der Waals surface area contributed by atoms with E-state index in [4.69, 9.17) is 4.74 Å². The number of hydrogen-bond acceptors (Lipinski definition) is 4. The monoisotopic (exact) mass is 536 g/mol. The number of benzene rings is 2. The van der Waals surface area contributed by atoms with E-state index < -0.39 is 0 Å². The third-order valence-electron chi connectivity index (χ3n) is 5.32. The van der Waals surface area contributed by atoms with E-state index >= 15 is 0 Å². The number of guanidine groups is 1. The zero-order valence-electron chi connectivity index (χ0n) is 17.2. The van der Waals surface area contributed by atoms with Crippen LogP contribution in [0.25, 0.3) is 10.8 Å². The van der Waals surface area contributed by atoms with Crippen LogP contribution >= 0.6 is 35.3 Å². The maximum absolute atomic E-state index is 5.54. The van der Waals surface area contributed by atoms with Crippen LogP contribution in [-0.2, 0) is 11.3 Å². The van der Waals surface area contributed by atoms with E-state index in [1.54, 1.807) is 0 Å². The summed E-state index contributed by atoms with van der Waals surface area (Å²) in [5.74, 6) is 0.827. The van der Waals surface area contributed by atoms with E-state index in [0.717, 1.165) is 45.4 Å². The van der Waals surface area contributed by atoms with Gasteiger partial charge < -0.3 is 15.4 Å². The van der Waals surface area contributed by atoms with Crippen LogP contribution in [0.2, 0.25) is 0 Å². The third kappa shape index (κ3) is 5.94. The first kappa shape index (κ1) is 23.0. The summed E-state index contributed by atoms with van der Waals surface area (Å²) in [7, 11) is 1.82.